The van der Waals surface area contributed by atoms with Crippen LogP contribution in [-0.2, 0) is 11.2 Å². The first-order chi connectivity index (χ1) is 13.9. The first-order valence-corrected chi connectivity index (χ1v) is 11.9. The van der Waals surface area contributed by atoms with Crippen molar-refractivity contribution in [2.24, 2.45) is 16.3 Å². The lowest BCUT2D eigenvalue weighted by Crippen LogP contribution is -2.53. The van der Waals surface area contributed by atoms with E-state index >= 15 is 0 Å². The van der Waals surface area contributed by atoms with E-state index in [9.17, 15) is 0 Å². The molecular weight excluding hydrogens is 384 g/mol. The van der Waals surface area contributed by atoms with Gasteiger partial charge in [-0.1, -0.05) is 27.7 Å². The molecule has 1 N–H and O–H groups in total. The van der Waals surface area contributed by atoms with Crippen molar-refractivity contribution in [3.63, 3.8) is 0 Å². The summed E-state index contributed by atoms with van der Waals surface area (Å²) < 4.78 is 10.6. The molecular formula is C21H38N6OS. The molecule has 0 saturated carbocycles. The summed E-state index contributed by atoms with van der Waals surface area (Å²) in [6.07, 6.45) is 3.53. The van der Waals surface area contributed by atoms with Crippen LogP contribution in [0.1, 0.15) is 53.3 Å². The summed E-state index contributed by atoms with van der Waals surface area (Å²) in [5.74, 6) is 2.48. The van der Waals surface area contributed by atoms with Gasteiger partial charge in [0, 0.05) is 69.7 Å². The largest absolute Gasteiger partial charge is 0.377 e. The van der Waals surface area contributed by atoms with Crippen molar-refractivity contribution >= 4 is 22.6 Å². The zero-order valence-electron chi connectivity index (χ0n) is 18.8. The predicted octanol–water partition coefficient (Wildman–Crippen LogP) is 3.03. The molecule has 0 aromatic carbocycles. The van der Waals surface area contributed by atoms with Gasteiger partial charge in [0.2, 0.25) is 5.13 Å². The van der Waals surface area contributed by atoms with E-state index in [4.69, 9.17) is 9.73 Å². The Labute approximate surface area is 180 Å². The van der Waals surface area contributed by atoms with Crippen LogP contribution in [0.2, 0.25) is 0 Å². The molecule has 164 valence electrons. The van der Waals surface area contributed by atoms with Gasteiger partial charge in [0.15, 0.2) is 5.96 Å². The van der Waals surface area contributed by atoms with Crippen LogP contribution < -0.4 is 10.2 Å². The smallest absolute Gasteiger partial charge is 0.205 e. The summed E-state index contributed by atoms with van der Waals surface area (Å²) >= 11 is 1.52. The molecule has 0 bridgehead atoms. The Kier molecular flexibility index (Phi) is 7.73. The summed E-state index contributed by atoms with van der Waals surface area (Å²) in [6, 6.07) is 0. The van der Waals surface area contributed by atoms with Crippen LogP contribution in [0.3, 0.4) is 0 Å². The van der Waals surface area contributed by atoms with E-state index < -0.39 is 0 Å². The van der Waals surface area contributed by atoms with E-state index in [0.29, 0.717) is 5.92 Å². The number of hydrogen-bond donors (Lipinski definition) is 1. The lowest BCUT2D eigenvalue weighted by molar-refractivity contribution is -0.0824. The fourth-order valence-electron chi connectivity index (χ4n) is 4.24. The number of aromatic nitrogens is 2. The van der Waals surface area contributed by atoms with E-state index in [1.807, 2.05) is 0 Å². The number of nitrogens with zero attached hydrogens (tertiary/aromatic N) is 5. The maximum absolute atomic E-state index is 6.15. The number of anilines is 1. The van der Waals surface area contributed by atoms with Gasteiger partial charge in [-0.25, -0.2) is 4.98 Å². The molecule has 1 aromatic heterocycles. The van der Waals surface area contributed by atoms with Crippen molar-refractivity contribution in [1.29, 1.82) is 0 Å². The lowest BCUT2D eigenvalue weighted by atomic mass is 9.78. The molecule has 8 heteroatoms. The number of nitrogens with one attached hydrogen (secondary N) is 1. The highest BCUT2D eigenvalue weighted by Crippen LogP contribution is 2.34. The minimum absolute atomic E-state index is 0.156. The molecule has 0 aliphatic carbocycles. The molecule has 2 aliphatic heterocycles. The molecule has 2 aliphatic rings. The maximum atomic E-state index is 6.15. The van der Waals surface area contributed by atoms with E-state index in [1.54, 1.807) is 0 Å². The molecule has 2 fully saturated rings. The summed E-state index contributed by atoms with van der Waals surface area (Å²) in [4.78, 5) is 14.4. The minimum Gasteiger partial charge on any atom is -0.377 e. The molecule has 29 heavy (non-hydrogen) atoms. The van der Waals surface area contributed by atoms with Gasteiger partial charge in [-0.15, -0.1) is 0 Å². The van der Waals surface area contributed by atoms with Crippen molar-refractivity contribution in [2.45, 2.75) is 60.0 Å². The molecule has 3 rings (SSSR count). The standard InChI is InChI=1S/C21H38N6OS/c1-6-17-24-20(29-25-17)27-12-10-26(11-13-27)19(22-7-2)23-15-16-9-8-14-28-18(16)21(3,4)5/h16,18H,6-15H2,1-5H3,(H,22,23). The molecule has 1 aromatic rings. The van der Waals surface area contributed by atoms with Crippen LogP contribution in [0.5, 0.6) is 0 Å². The number of aryl methyl sites for hydroxylation is 1. The van der Waals surface area contributed by atoms with E-state index in [0.717, 1.165) is 75.6 Å². The molecule has 7 nitrogen and oxygen atoms in total. The summed E-state index contributed by atoms with van der Waals surface area (Å²) in [7, 11) is 0. The number of hydrogen-bond acceptors (Lipinski definition) is 6. The predicted molar refractivity (Wildman–Crippen MR) is 121 cm³/mol. The summed E-state index contributed by atoms with van der Waals surface area (Å²) in [5.41, 5.74) is 0.156. The number of rotatable bonds is 5. The molecule has 2 unspecified atom stereocenters. The van der Waals surface area contributed by atoms with Gasteiger partial charge < -0.3 is 19.9 Å². The fourth-order valence-corrected chi connectivity index (χ4v) is 5.04. The lowest BCUT2D eigenvalue weighted by Gasteiger charge is -2.40. The Morgan fingerprint density at radius 3 is 2.62 bits per heavy atom. The number of ether oxygens (including phenoxy) is 1. The first-order valence-electron chi connectivity index (χ1n) is 11.1. The second kappa shape index (κ2) is 10.1. The molecule has 0 radical (unpaired) electrons. The number of guanidine groups is 1. The molecule has 0 spiro atoms. The first kappa shape index (κ1) is 22.3. The average molecular weight is 423 g/mol. The number of piperazine rings is 1. The van der Waals surface area contributed by atoms with Crippen molar-refractivity contribution < 1.29 is 4.74 Å². The van der Waals surface area contributed by atoms with Gasteiger partial charge in [0.25, 0.3) is 0 Å². The van der Waals surface area contributed by atoms with Gasteiger partial charge in [0.05, 0.1) is 6.10 Å². The van der Waals surface area contributed by atoms with Crippen LogP contribution in [0.15, 0.2) is 4.99 Å². The summed E-state index contributed by atoms with van der Waals surface area (Å²) in [6.45, 7) is 17.5. The highest BCUT2D eigenvalue weighted by atomic mass is 32.1. The molecule has 0 amide bonds. The Morgan fingerprint density at radius 1 is 1.24 bits per heavy atom. The monoisotopic (exact) mass is 422 g/mol. The summed E-state index contributed by atoms with van der Waals surface area (Å²) in [5, 5.41) is 4.56. The van der Waals surface area contributed by atoms with Crippen LogP contribution in [0.4, 0.5) is 5.13 Å². The van der Waals surface area contributed by atoms with Gasteiger partial charge in [0.1, 0.15) is 5.82 Å². The van der Waals surface area contributed by atoms with E-state index in [1.165, 1.54) is 18.0 Å². The van der Waals surface area contributed by atoms with E-state index in [2.05, 4.69) is 59.1 Å². The van der Waals surface area contributed by atoms with Gasteiger partial charge in [-0.05, 0) is 25.2 Å². The maximum Gasteiger partial charge on any atom is 0.205 e. The van der Waals surface area contributed by atoms with Crippen molar-refractivity contribution in [1.82, 2.24) is 19.6 Å². The second-order valence-corrected chi connectivity index (χ2v) is 9.81. The molecule has 2 atom stereocenters. The van der Waals surface area contributed by atoms with Crippen LogP contribution in [0, 0.1) is 11.3 Å². The normalized spacial score (nSPS) is 24.1. The topological polar surface area (TPSA) is 65.9 Å². The Balaban J connectivity index is 1.60. The third-order valence-corrected chi connectivity index (χ3v) is 6.55. The fraction of sp³-hybridized carbons (Fsp3) is 0.857. The molecule has 3 heterocycles. The van der Waals surface area contributed by atoms with Crippen molar-refractivity contribution in [3.8, 4) is 0 Å². The Bertz CT molecular complexity index is 662. The highest BCUT2D eigenvalue weighted by Gasteiger charge is 2.35. The Morgan fingerprint density at radius 2 is 2.00 bits per heavy atom. The zero-order valence-corrected chi connectivity index (χ0v) is 19.6. The SMILES string of the molecule is CCNC(=NCC1CCCOC1C(C)(C)C)N1CCN(c2nc(CC)ns2)CC1. The molecule has 2 saturated heterocycles. The van der Waals surface area contributed by atoms with Crippen molar-refractivity contribution in [2.75, 3.05) is 50.8 Å². The van der Waals surface area contributed by atoms with Crippen LogP contribution >= 0.6 is 11.5 Å². The third-order valence-electron chi connectivity index (χ3n) is 5.73. The van der Waals surface area contributed by atoms with Crippen molar-refractivity contribution in [3.05, 3.63) is 5.82 Å². The quantitative estimate of drug-likeness (QED) is 0.581. The van der Waals surface area contributed by atoms with Gasteiger partial charge in [-0.3, -0.25) is 4.99 Å². The second-order valence-electron chi connectivity index (χ2n) is 9.08. The van der Waals surface area contributed by atoms with Crippen LogP contribution in [-0.4, -0.2) is 72.2 Å². The Hall–Kier alpha value is -1.41. The average Bonchev–Trinajstić information content (AvgIpc) is 3.20. The van der Waals surface area contributed by atoms with Gasteiger partial charge >= 0.3 is 0 Å². The zero-order chi connectivity index (χ0) is 20.9. The van der Waals surface area contributed by atoms with Gasteiger partial charge in [-0.2, -0.15) is 4.37 Å². The highest BCUT2D eigenvalue weighted by molar-refractivity contribution is 7.09. The van der Waals surface area contributed by atoms with Crippen LogP contribution in [0.25, 0.3) is 0 Å². The minimum atomic E-state index is 0.156. The van der Waals surface area contributed by atoms with E-state index in [-0.39, 0.29) is 11.5 Å². The third kappa shape index (κ3) is 5.81. The number of aliphatic imine (C=N–C) groups is 1.